The van der Waals surface area contributed by atoms with Crippen molar-refractivity contribution in [2.45, 2.75) is 35.5 Å². The number of hydrogen-bond donors (Lipinski definition) is 6. The van der Waals surface area contributed by atoms with Crippen LogP contribution in [0.5, 0.6) is 0 Å². The normalized spacial score (nSPS) is 13.4. The molecular formula is C39H37N7O11S2. The SMILES string of the molecule is CN(CCCCCC(=O)NCCN1C(=O)C=CC1=O)c1ccc(NNc2ccc(N=c3cc(S(=O)(=O)O)c(=N)c4c(=O)c5ccccc5c(=O)c3=4)c(S(=O)(=O)O)c2)cc1. The summed E-state index contributed by atoms with van der Waals surface area (Å²) in [6.07, 6.45) is 4.98. The Kier molecular flexibility index (Phi) is 12.2. The van der Waals surface area contributed by atoms with Crippen LogP contribution in [0, 0.1) is 15.8 Å². The van der Waals surface area contributed by atoms with Crippen molar-refractivity contribution in [2.75, 3.05) is 42.4 Å². The number of imide groups is 1. The number of hydrazine groups is 1. The van der Waals surface area contributed by atoms with Crippen LogP contribution < -0.4 is 42.6 Å². The molecule has 3 amide bonds. The molecule has 0 spiro atoms. The zero-order valence-electron chi connectivity index (χ0n) is 31.3. The molecular weight excluding hydrogens is 807 g/mol. The Labute approximate surface area is 335 Å². The van der Waals surface area contributed by atoms with E-state index in [4.69, 9.17) is 5.41 Å². The second-order valence-corrected chi connectivity index (χ2v) is 16.3. The standard InChI is InChI=1S/C39H37N7O11S2/c1-45(19-6-2-3-9-32(47)41-18-20-46-33(48)16-17-34(46)49)25-13-10-23(11-14-25)43-44-24-12-15-28(30(21-24)58(52,53)54)42-29-22-31(59(55,56)57)37(40)36-35(29)38(50)26-7-4-5-8-27(26)39(36)51/h4-5,7-8,10-17,21-22,40,43-44H,2-3,6,9,18-20H2,1H3,(H,41,47)(H,52,53,54)(H,55,56,57). The number of rotatable bonds is 16. The van der Waals surface area contributed by atoms with Gasteiger partial charge in [-0.1, -0.05) is 30.7 Å². The second kappa shape index (κ2) is 17.1. The zero-order valence-corrected chi connectivity index (χ0v) is 32.9. The molecule has 306 valence electrons. The summed E-state index contributed by atoms with van der Waals surface area (Å²) in [6.45, 7) is 1.02. The van der Waals surface area contributed by atoms with E-state index >= 15 is 0 Å². The lowest BCUT2D eigenvalue weighted by Gasteiger charge is -2.20. The molecule has 2 aliphatic carbocycles. The molecule has 0 aromatic heterocycles. The van der Waals surface area contributed by atoms with E-state index in [1.807, 2.05) is 24.1 Å². The number of hydrogen-bond acceptors (Lipinski definition) is 14. The van der Waals surface area contributed by atoms with E-state index in [1.54, 1.807) is 12.1 Å². The second-order valence-electron chi connectivity index (χ2n) is 13.5. The molecule has 3 aromatic carbocycles. The fourth-order valence-corrected chi connectivity index (χ4v) is 7.77. The number of anilines is 3. The monoisotopic (exact) mass is 843 g/mol. The maximum absolute atomic E-state index is 13.6. The molecule has 0 saturated carbocycles. The molecule has 0 saturated heterocycles. The van der Waals surface area contributed by atoms with Crippen molar-refractivity contribution in [3.8, 4) is 0 Å². The van der Waals surface area contributed by atoms with Crippen molar-refractivity contribution in [1.82, 2.24) is 10.2 Å². The molecule has 6 rings (SSSR count). The third kappa shape index (κ3) is 9.41. The van der Waals surface area contributed by atoms with E-state index in [9.17, 15) is 49.9 Å². The Morgan fingerprint density at radius 1 is 0.763 bits per heavy atom. The molecule has 1 aliphatic heterocycles. The van der Waals surface area contributed by atoms with Gasteiger partial charge in [0.2, 0.25) is 5.91 Å². The highest BCUT2D eigenvalue weighted by Crippen LogP contribution is 2.28. The number of fused-ring (bicyclic) bond motifs is 1. The minimum atomic E-state index is -5.13. The van der Waals surface area contributed by atoms with Gasteiger partial charge in [-0.3, -0.25) is 43.4 Å². The summed E-state index contributed by atoms with van der Waals surface area (Å²) in [5.41, 5.74) is 5.25. The highest BCUT2D eigenvalue weighted by atomic mass is 32.2. The average molecular weight is 844 g/mol. The van der Waals surface area contributed by atoms with Gasteiger partial charge in [0, 0.05) is 61.7 Å². The first-order valence-electron chi connectivity index (χ1n) is 18.0. The van der Waals surface area contributed by atoms with Crippen molar-refractivity contribution in [3.05, 3.63) is 127 Å². The molecule has 0 atom stereocenters. The summed E-state index contributed by atoms with van der Waals surface area (Å²) in [4.78, 5) is 67.9. The highest BCUT2D eigenvalue weighted by molar-refractivity contribution is 7.86. The molecule has 18 nitrogen and oxygen atoms in total. The lowest BCUT2D eigenvalue weighted by Crippen LogP contribution is -2.38. The number of unbranched alkanes of at least 4 members (excludes halogenated alkanes) is 2. The van der Waals surface area contributed by atoms with E-state index in [0.717, 1.165) is 35.6 Å². The van der Waals surface area contributed by atoms with Gasteiger partial charge in [0.15, 0.2) is 10.9 Å². The lowest BCUT2D eigenvalue weighted by atomic mass is 10.0. The van der Waals surface area contributed by atoms with Gasteiger partial charge in [0.25, 0.3) is 32.1 Å². The Morgan fingerprint density at radius 3 is 1.98 bits per heavy atom. The van der Waals surface area contributed by atoms with Crippen molar-refractivity contribution < 1.29 is 40.3 Å². The van der Waals surface area contributed by atoms with Crippen LogP contribution in [-0.4, -0.2) is 75.2 Å². The molecule has 3 aliphatic rings. The van der Waals surface area contributed by atoms with E-state index in [0.29, 0.717) is 31.1 Å². The minimum absolute atomic E-state index is 0.0552. The molecule has 0 radical (unpaired) electrons. The summed E-state index contributed by atoms with van der Waals surface area (Å²) in [5.74, 6) is -0.940. The van der Waals surface area contributed by atoms with Crippen LogP contribution in [0.4, 0.5) is 22.7 Å². The van der Waals surface area contributed by atoms with Gasteiger partial charge in [-0.05, 0) is 61.4 Å². The zero-order chi connectivity index (χ0) is 42.6. The van der Waals surface area contributed by atoms with Crippen LogP contribution >= 0.6 is 0 Å². The number of nitrogens with zero attached hydrogens (tertiary/aromatic N) is 3. The van der Waals surface area contributed by atoms with Gasteiger partial charge in [0.1, 0.15) is 9.79 Å². The van der Waals surface area contributed by atoms with Gasteiger partial charge in [0.05, 0.1) is 38.2 Å². The third-order valence-electron chi connectivity index (χ3n) is 9.51. The lowest BCUT2D eigenvalue weighted by molar-refractivity contribution is -0.137. The maximum Gasteiger partial charge on any atom is 0.296 e. The predicted molar refractivity (Wildman–Crippen MR) is 216 cm³/mol. The van der Waals surface area contributed by atoms with E-state index in [2.05, 4.69) is 21.2 Å². The van der Waals surface area contributed by atoms with E-state index < -0.39 is 79.5 Å². The van der Waals surface area contributed by atoms with Crippen LogP contribution in [0.15, 0.2) is 109 Å². The molecule has 0 bridgehead atoms. The molecule has 0 fully saturated rings. The average Bonchev–Trinajstić information content (AvgIpc) is 3.51. The number of benzene rings is 3. The molecule has 3 aromatic rings. The number of amides is 3. The Morgan fingerprint density at radius 2 is 1.36 bits per heavy atom. The fraction of sp³-hybridized carbons (Fsp3) is 0.205. The molecule has 1 heterocycles. The van der Waals surface area contributed by atoms with Gasteiger partial charge in [-0.25, -0.2) is 4.99 Å². The van der Waals surface area contributed by atoms with Crippen LogP contribution in [-0.2, 0) is 34.6 Å². The fourth-order valence-electron chi connectivity index (χ4n) is 6.49. The Balaban J connectivity index is 1.12. The van der Waals surface area contributed by atoms with Crippen molar-refractivity contribution in [1.29, 1.82) is 5.41 Å². The maximum atomic E-state index is 13.6. The number of carbonyl (C=O) groups is 3. The van der Waals surface area contributed by atoms with Crippen LogP contribution in [0.3, 0.4) is 0 Å². The van der Waals surface area contributed by atoms with Gasteiger partial charge >= 0.3 is 0 Å². The predicted octanol–water partition coefficient (Wildman–Crippen LogP) is 1.84. The Hall–Kier alpha value is -6.61. The van der Waals surface area contributed by atoms with Crippen molar-refractivity contribution in [2.24, 2.45) is 4.99 Å². The molecule has 59 heavy (non-hydrogen) atoms. The Bertz CT molecular complexity index is 3040. The van der Waals surface area contributed by atoms with Crippen LogP contribution in [0.2, 0.25) is 0 Å². The quantitative estimate of drug-likeness (QED) is 0.0358. The number of carbonyl (C=O) groups excluding carboxylic acids is 3. The van der Waals surface area contributed by atoms with Crippen molar-refractivity contribution >= 4 is 71.5 Å². The summed E-state index contributed by atoms with van der Waals surface area (Å²) >= 11 is 0. The largest absolute Gasteiger partial charge is 0.375 e. The molecule has 6 N–H and O–H groups in total. The third-order valence-corrected chi connectivity index (χ3v) is 11.3. The number of nitrogens with one attached hydrogen (secondary N) is 4. The van der Waals surface area contributed by atoms with Gasteiger partial charge < -0.3 is 21.1 Å². The van der Waals surface area contributed by atoms with E-state index in [1.165, 1.54) is 42.5 Å². The van der Waals surface area contributed by atoms with Crippen LogP contribution in [0.1, 0.15) is 25.7 Å². The first kappa shape index (κ1) is 42.0. The summed E-state index contributed by atoms with van der Waals surface area (Å²) < 4.78 is 69.7. The smallest absolute Gasteiger partial charge is 0.296 e. The summed E-state index contributed by atoms with van der Waals surface area (Å²) in [7, 11) is -8.22. The summed E-state index contributed by atoms with van der Waals surface area (Å²) in [6, 6.07) is 17.1. The van der Waals surface area contributed by atoms with Gasteiger partial charge in [-0.2, -0.15) is 16.8 Å². The minimum Gasteiger partial charge on any atom is -0.375 e. The van der Waals surface area contributed by atoms with Crippen LogP contribution in [0.25, 0.3) is 10.8 Å². The molecule has 20 heteroatoms. The topological polar surface area (TPSA) is 273 Å². The molecule has 0 unspecified atom stereocenters. The first-order chi connectivity index (χ1) is 27.9. The van der Waals surface area contributed by atoms with Crippen molar-refractivity contribution in [3.63, 3.8) is 0 Å². The highest BCUT2D eigenvalue weighted by Gasteiger charge is 2.23. The summed E-state index contributed by atoms with van der Waals surface area (Å²) in [5, 5.41) is 8.38. The van der Waals surface area contributed by atoms with E-state index in [-0.39, 0.29) is 35.5 Å². The van der Waals surface area contributed by atoms with Gasteiger partial charge in [-0.15, -0.1) is 0 Å². The first-order valence-corrected chi connectivity index (χ1v) is 20.9.